The van der Waals surface area contributed by atoms with Crippen molar-refractivity contribution in [1.82, 2.24) is 24.1 Å². The van der Waals surface area contributed by atoms with Gasteiger partial charge in [0.25, 0.3) is 11.1 Å². The number of halogens is 1. The number of hydrogen-bond acceptors (Lipinski definition) is 7. The Morgan fingerprint density at radius 2 is 1.81 bits per heavy atom. The first kappa shape index (κ1) is 20.9. The lowest BCUT2D eigenvalue weighted by atomic mass is 10.2. The average molecular weight is 469 g/mol. The fraction of sp³-hybridized carbons (Fsp3) is 0.273. The highest BCUT2D eigenvalue weighted by Crippen LogP contribution is 2.23. The van der Waals surface area contributed by atoms with Crippen molar-refractivity contribution >= 4 is 33.6 Å². The van der Waals surface area contributed by atoms with E-state index in [-0.39, 0.29) is 16.1 Å². The summed E-state index contributed by atoms with van der Waals surface area (Å²) < 4.78 is 2.95. The predicted octanol–water partition coefficient (Wildman–Crippen LogP) is 2.34. The molecule has 10 heteroatoms. The fourth-order valence-corrected chi connectivity index (χ4v) is 4.90. The Balaban J connectivity index is 1.26. The summed E-state index contributed by atoms with van der Waals surface area (Å²) in [6.07, 6.45) is 3.42. The van der Waals surface area contributed by atoms with Crippen molar-refractivity contribution in [3.05, 3.63) is 91.2 Å². The molecule has 1 saturated heterocycles. The van der Waals surface area contributed by atoms with Crippen LogP contribution in [0.1, 0.15) is 11.3 Å². The van der Waals surface area contributed by atoms with Gasteiger partial charge in [-0.2, -0.15) is 5.10 Å². The first-order chi connectivity index (χ1) is 15.6. The van der Waals surface area contributed by atoms with Crippen molar-refractivity contribution in [3.63, 3.8) is 0 Å². The molecule has 5 rings (SSSR count). The molecule has 0 radical (unpaired) electrons. The fourth-order valence-electron chi connectivity index (χ4n) is 3.89. The second-order valence-electron chi connectivity index (χ2n) is 7.70. The van der Waals surface area contributed by atoms with Crippen LogP contribution in [-0.4, -0.2) is 50.2 Å². The summed E-state index contributed by atoms with van der Waals surface area (Å²) in [7, 11) is 0. The largest absolute Gasteiger partial charge is 0.366 e. The second-order valence-corrected chi connectivity index (χ2v) is 8.95. The van der Waals surface area contributed by atoms with Gasteiger partial charge in [0, 0.05) is 50.4 Å². The van der Waals surface area contributed by atoms with Gasteiger partial charge in [-0.1, -0.05) is 41.9 Å². The van der Waals surface area contributed by atoms with Crippen LogP contribution in [0.25, 0.3) is 4.96 Å². The molecule has 4 aromatic rings. The zero-order chi connectivity index (χ0) is 22.1. The molecule has 1 aliphatic rings. The minimum Gasteiger partial charge on any atom is -0.366 e. The summed E-state index contributed by atoms with van der Waals surface area (Å²) in [5.41, 5.74) is 2.09. The highest BCUT2D eigenvalue weighted by Gasteiger charge is 2.22. The molecule has 0 saturated carbocycles. The van der Waals surface area contributed by atoms with Crippen molar-refractivity contribution in [3.8, 4) is 0 Å². The standard InChI is InChI=1S/C22H21ClN6O2S/c23-20-18(13-24-29(21(20)31)14-16-4-2-1-3-5-16)27-8-6-26(7-9-27)15-17-12-19(30)28-10-11-32-22(28)25-17/h1-5,10-13H,6-9,14-15H2. The van der Waals surface area contributed by atoms with E-state index in [0.717, 1.165) is 24.3 Å². The number of benzene rings is 1. The van der Waals surface area contributed by atoms with Crippen LogP contribution in [0.3, 0.4) is 0 Å². The first-order valence-corrected chi connectivity index (χ1v) is 11.6. The Morgan fingerprint density at radius 3 is 2.59 bits per heavy atom. The molecular formula is C22H21ClN6O2S. The topological polar surface area (TPSA) is 75.7 Å². The van der Waals surface area contributed by atoms with E-state index in [1.54, 1.807) is 22.9 Å². The maximum Gasteiger partial charge on any atom is 0.287 e. The monoisotopic (exact) mass is 468 g/mol. The van der Waals surface area contributed by atoms with Gasteiger partial charge in [0.15, 0.2) is 4.96 Å². The van der Waals surface area contributed by atoms with Gasteiger partial charge in [-0.3, -0.25) is 18.9 Å². The summed E-state index contributed by atoms with van der Waals surface area (Å²) in [6.45, 7) is 3.97. The number of nitrogens with zero attached hydrogens (tertiary/aromatic N) is 6. The molecule has 0 spiro atoms. The molecule has 0 aliphatic carbocycles. The summed E-state index contributed by atoms with van der Waals surface area (Å²) in [5.74, 6) is 0. The van der Waals surface area contributed by atoms with E-state index < -0.39 is 0 Å². The van der Waals surface area contributed by atoms with Gasteiger partial charge in [-0.15, -0.1) is 11.3 Å². The molecule has 0 unspecified atom stereocenters. The number of fused-ring (bicyclic) bond motifs is 1. The first-order valence-electron chi connectivity index (χ1n) is 10.3. The van der Waals surface area contributed by atoms with Crippen LogP contribution in [0.15, 0.2) is 63.8 Å². The van der Waals surface area contributed by atoms with E-state index in [0.29, 0.717) is 36.8 Å². The van der Waals surface area contributed by atoms with Gasteiger partial charge in [0.2, 0.25) is 0 Å². The van der Waals surface area contributed by atoms with Crippen molar-refractivity contribution in [2.75, 3.05) is 31.1 Å². The van der Waals surface area contributed by atoms with Crippen molar-refractivity contribution in [2.45, 2.75) is 13.1 Å². The van der Waals surface area contributed by atoms with Gasteiger partial charge >= 0.3 is 0 Å². The molecule has 32 heavy (non-hydrogen) atoms. The minimum absolute atomic E-state index is 0.0567. The van der Waals surface area contributed by atoms with Crippen LogP contribution in [-0.2, 0) is 13.1 Å². The molecule has 1 aromatic carbocycles. The lowest BCUT2D eigenvalue weighted by molar-refractivity contribution is 0.247. The molecule has 164 valence electrons. The number of anilines is 1. The average Bonchev–Trinajstić information content (AvgIpc) is 3.28. The van der Waals surface area contributed by atoms with E-state index in [4.69, 9.17) is 11.6 Å². The van der Waals surface area contributed by atoms with Crippen molar-refractivity contribution in [2.24, 2.45) is 0 Å². The van der Waals surface area contributed by atoms with Gasteiger partial charge in [0.1, 0.15) is 5.02 Å². The summed E-state index contributed by atoms with van der Waals surface area (Å²) in [5, 5.41) is 6.40. The number of rotatable bonds is 5. The molecule has 0 bridgehead atoms. The maximum absolute atomic E-state index is 12.8. The van der Waals surface area contributed by atoms with Crippen LogP contribution in [0.2, 0.25) is 5.02 Å². The highest BCUT2D eigenvalue weighted by atomic mass is 35.5. The van der Waals surface area contributed by atoms with E-state index in [1.807, 2.05) is 35.7 Å². The quantitative estimate of drug-likeness (QED) is 0.447. The minimum atomic E-state index is -0.288. The van der Waals surface area contributed by atoms with Crippen molar-refractivity contribution < 1.29 is 0 Å². The molecule has 8 nitrogen and oxygen atoms in total. The lowest BCUT2D eigenvalue weighted by Crippen LogP contribution is -2.46. The predicted molar refractivity (Wildman–Crippen MR) is 126 cm³/mol. The number of piperazine rings is 1. The van der Waals surface area contributed by atoms with E-state index >= 15 is 0 Å². The number of aromatic nitrogens is 4. The number of thiazole rings is 1. The molecule has 0 N–H and O–H groups in total. The van der Waals surface area contributed by atoms with Crippen LogP contribution in [0.4, 0.5) is 5.69 Å². The van der Waals surface area contributed by atoms with Gasteiger partial charge < -0.3 is 4.90 Å². The Bertz CT molecular complexity index is 1360. The molecule has 0 amide bonds. The Morgan fingerprint density at radius 1 is 1.03 bits per heavy atom. The van der Waals surface area contributed by atoms with Crippen molar-refractivity contribution in [1.29, 1.82) is 0 Å². The molecule has 0 atom stereocenters. The Kier molecular flexibility index (Phi) is 5.77. The summed E-state index contributed by atoms with van der Waals surface area (Å²) in [4.78, 5) is 34.6. The maximum atomic E-state index is 12.8. The lowest BCUT2D eigenvalue weighted by Gasteiger charge is -2.36. The third kappa shape index (κ3) is 4.19. The molecular weight excluding hydrogens is 448 g/mol. The smallest absolute Gasteiger partial charge is 0.287 e. The van der Waals surface area contributed by atoms with E-state index in [1.165, 1.54) is 16.0 Å². The molecule has 3 aromatic heterocycles. The Labute approximate surface area is 192 Å². The zero-order valence-corrected chi connectivity index (χ0v) is 18.8. The van der Waals surface area contributed by atoms with Gasteiger partial charge in [0.05, 0.1) is 24.1 Å². The summed E-state index contributed by atoms with van der Waals surface area (Å²) >= 11 is 7.90. The second kappa shape index (κ2) is 8.85. The van der Waals surface area contributed by atoms with Crippen LogP contribution in [0, 0.1) is 0 Å². The molecule has 1 fully saturated rings. The third-order valence-electron chi connectivity index (χ3n) is 5.60. The van der Waals surface area contributed by atoms with Crippen LogP contribution >= 0.6 is 22.9 Å². The zero-order valence-electron chi connectivity index (χ0n) is 17.2. The highest BCUT2D eigenvalue weighted by molar-refractivity contribution is 7.15. The van der Waals surface area contributed by atoms with Crippen LogP contribution < -0.4 is 16.0 Å². The summed E-state index contributed by atoms with van der Waals surface area (Å²) in [6, 6.07) is 11.3. The normalized spacial score (nSPS) is 14.8. The van der Waals surface area contributed by atoms with Gasteiger partial charge in [-0.05, 0) is 5.56 Å². The van der Waals surface area contributed by atoms with E-state index in [9.17, 15) is 9.59 Å². The van der Waals surface area contributed by atoms with E-state index in [2.05, 4.69) is 19.9 Å². The van der Waals surface area contributed by atoms with Gasteiger partial charge in [-0.25, -0.2) is 9.67 Å². The SMILES string of the molecule is O=c1c(Cl)c(N2CCN(Cc3cc(=O)n4ccsc4n3)CC2)cnn1Cc1ccccc1. The van der Waals surface area contributed by atoms with Crippen LogP contribution in [0.5, 0.6) is 0 Å². The number of hydrogen-bond donors (Lipinski definition) is 0. The Hall–Kier alpha value is -3.01. The molecule has 1 aliphatic heterocycles. The third-order valence-corrected chi connectivity index (χ3v) is 6.71. The molecule has 4 heterocycles.